The highest BCUT2D eigenvalue weighted by molar-refractivity contribution is 8.00. The van der Waals surface area contributed by atoms with Crippen LogP contribution in [0.15, 0.2) is 41.3 Å². The maximum absolute atomic E-state index is 14.2. The number of amides is 1. The van der Waals surface area contributed by atoms with Gasteiger partial charge in [-0.15, -0.1) is 11.8 Å². The fraction of sp³-hybridized carbons (Fsp3) is 0.267. The van der Waals surface area contributed by atoms with Gasteiger partial charge in [-0.05, 0) is 12.1 Å². The molecule has 0 aliphatic carbocycles. The SMILES string of the molecule is O=C(Nc1nc(=O)n([C@H]2CO[C@@H](CO)S2)cc1F)c1ccccc1. The van der Waals surface area contributed by atoms with Gasteiger partial charge < -0.3 is 15.2 Å². The topological polar surface area (TPSA) is 93.5 Å². The number of halogens is 1. The molecular formula is C15H14FN3O4S. The first-order chi connectivity index (χ1) is 11.6. The standard InChI is InChI=1S/C15H14FN3O4S/c16-10-6-19(11-8-23-12(7-20)24-11)15(22)18-13(10)17-14(21)9-4-2-1-3-5-9/h1-6,11-12,20H,7-8H2,(H,17,18,21,22)/t11-,12-/m1/s1. The van der Waals surface area contributed by atoms with E-state index in [2.05, 4.69) is 10.3 Å². The van der Waals surface area contributed by atoms with E-state index in [1.54, 1.807) is 30.3 Å². The average molecular weight is 351 g/mol. The minimum Gasteiger partial charge on any atom is -0.393 e. The van der Waals surface area contributed by atoms with Crippen LogP contribution < -0.4 is 11.0 Å². The zero-order chi connectivity index (χ0) is 17.1. The lowest BCUT2D eigenvalue weighted by molar-refractivity contribution is 0.0802. The summed E-state index contributed by atoms with van der Waals surface area (Å²) in [5.41, 5.74) is -0.838. The zero-order valence-electron chi connectivity index (χ0n) is 12.4. The van der Waals surface area contributed by atoms with Crippen LogP contribution in [0.5, 0.6) is 0 Å². The van der Waals surface area contributed by atoms with Crippen LogP contribution in [0.2, 0.25) is 0 Å². The predicted octanol–water partition coefficient (Wildman–Crippen LogP) is 1.22. The molecule has 1 aromatic carbocycles. The van der Waals surface area contributed by atoms with Gasteiger partial charge in [-0.25, -0.2) is 9.18 Å². The van der Waals surface area contributed by atoms with Crippen LogP contribution in [0.4, 0.5) is 10.2 Å². The summed E-state index contributed by atoms with van der Waals surface area (Å²) >= 11 is 1.20. The number of nitrogens with one attached hydrogen (secondary N) is 1. The van der Waals surface area contributed by atoms with E-state index in [0.717, 1.165) is 10.8 Å². The van der Waals surface area contributed by atoms with E-state index < -0.39 is 34.0 Å². The molecule has 2 atom stereocenters. The number of carbonyl (C=O) groups excluding carboxylic acids is 1. The quantitative estimate of drug-likeness (QED) is 0.860. The number of hydrogen-bond acceptors (Lipinski definition) is 6. The number of aliphatic hydroxyl groups is 1. The highest BCUT2D eigenvalue weighted by Crippen LogP contribution is 2.34. The molecule has 9 heteroatoms. The molecule has 2 heterocycles. The summed E-state index contributed by atoms with van der Waals surface area (Å²) in [6.45, 7) is -0.0380. The second-order valence-corrected chi connectivity index (χ2v) is 6.33. The average Bonchev–Trinajstić information content (AvgIpc) is 3.07. The Hall–Kier alpha value is -2.23. The second-order valence-electron chi connectivity index (χ2n) is 4.98. The molecule has 2 N–H and O–H groups in total. The van der Waals surface area contributed by atoms with E-state index in [9.17, 15) is 14.0 Å². The molecule has 1 aliphatic heterocycles. The number of benzene rings is 1. The number of thioether (sulfide) groups is 1. The number of carbonyl (C=O) groups is 1. The summed E-state index contributed by atoms with van der Waals surface area (Å²) in [7, 11) is 0. The van der Waals surface area contributed by atoms with Crippen LogP contribution in [-0.2, 0) is 4.74 Å². The molecule has 1 aliphatic rings. The fourth-order valence-electron chi connectivity index (χ4n) is 2.19. The molecule has 3 rings (SSSR count). The van der Waals surface area contributed by atoms with Crippen molar-refractivity contribution in [3.63, 3.8) is 0 Å². The fourth-order valence-corrected chi connectivity index (χ4v) is 3.23. The third kappa shape index (κ3) is 3.48. The molecule has 1 fully saturated rings. The Bertz CT molecular complexity index is 799. The van der Waals surface area contributed by atoms with Crippen molar-refractivity contribution >= 4 is 23.5 Å². The Kier molecular flexibility index (Phi) is 4.93. The van der Waals surface area contributed by atoms with Crippen molar-refractivity contribution in [1.29, 1.82) is 0 Å². The zero-order valence-corrected chi connectivity index (χ0v) is 13.2. The van der Waals surface area contributed by atoms with E-state index in [4.69, 9.17) is 9.84 Å². The van der Waals surface area contributed by atoms with Gasteiger partial charge in [0, 0.05) is 11.8 Å². The molecule has 24 heavy (non-hydrogen) atoms. The summed E-state index contributed by atoms with van der Waals surface area (Å²) in [4.78, 5) is 27.7. The molecule has 0 unspecified atom stereocenters. The third-order valence-corrected chi connectivity index (χ3v) is 4.63. The van der Waals surface area contributed by atoms with Crippen LogP contribution in [0.3, 0.4) is 0 Å². The highest BCUT2D eigenvalue weighted by Gasteiger charge is 2.28. The molecular weight excluding hydrogens is 337 g/mol. The van der Waals surface area contributed by atoms with E-state index >= 15 is 0 Å². The normalized spacial score (nSPS) is 20.1. The monoisotopic (exact) mass is 351 g/mol. The molecule has 1 aromatic heterocycles. The number of hydrogen-bond donors (Lipinski definition) is 2. The summed E-state index contributed by atoms with van der Waals surface area (Å²) in [5.74, 6) is -1.81. The van der Waals surface area contributed by atoms with E-state index in [1.807, 2.05) is 0 Å². The van der Waals surface area contributed by atoms with E-state index in [1.165, 1.54) is 11.8 Å². The second kappa shape index (κ2) is 7.12. The molecule has 0 spiro atoms. The lowest BCUT2D eigenvalue weighted by Gasteiger charge is -2.13. The maximum Gasteiger partial charge on any atom is 0.350 e. The summed E-state index contributed by atoms with van der Waals surface area (Å²) in [6, 6.07) is 8.22. The van der Waals surface area contributed by atoms with Gasteiger partial charge >= 0.3 is 5.69 Å². The van der Waals surface area contributed by atoms with Gasteiger partial charge in [0.15, 0.2) is 11.6 Å². The van der Waals surface area contributed by atoms with Crippen LogP contribution >= 0.6 is 11.8 Å². The Morgan fingerprint density at radius 3 is 2.88 bits per heavy atom. The van der Waals surface area contributed by atoms with Crippen molar-refractivity contribution in [2.24, 2.45) is 0 Å². The number of aliphatic hydroxyl groups excluding tert-OH is 1. The smallest absolute Gasteiger partial charge is 0.350 e. The number of aromatic nitrogens is 2. The molecule has 126 valence electrons. The Morgan fingerprint density at radius 1 is 1.46 bits per heavy atom. The van der Waals surface area contributed by atoms with Crippen LogP contribution in [0.1, 0.15) is 15.7 Å². The van der Waals surface area contributed by atoms with Gasteiger partial charge in [-0.1, -0.05) is 18.2 Å². The van der Waals surface area contributed by atoms with Crippen molar-refractivity contribution in [2.45, 2.75) is 10.8 Å². The molecule has 0 radical (unpaired) electrons. The van der Waals surface area contributed by atoms with E-state index in [-0.39, 0.29) is 13.2 Å². The predicted molar refractivity (Wildman–Crippen MR) is 86.3 cm³/mol. The first kappa shape index (κ1) is 16.6. The van der Waals surface area contributed by atoms with E-state index in [0.29, 0.717) is 5.56 Å². The van der Waals surface area contributed by atoms with Gasteiger partial charge in [0.05, 0.1) is 13.2 Å². The summed E-state index contributed by atoms with van der Waals surface area (Å²) in [5, 5.41) is 10.8. The summed E-state index contributed by atoms with van der Waals surface area (Å²) < 4.78 is 20.5. The molecule has 7 nitrogen and oxygen atoms in total. The lowest BCUT2D eigenvalue weighted by atomic mass is 10.2. The van der Waals surface area contributed by atoms with Crippen molar-refractivity contribution < 1.29 is 19.0 Å². The Morgan fingerprint density at radius 2 is 2.21 bits per heavy atom. The first-order valence-corrected chi connectivity index (χ1v) is 8.06. The number of anilines is 1. The van der Waals surface area contributed by atoms with Gasteiger partial charge in [0.2, 0.25) is 0 Å². The number of nitrogens with zero attached hydrogens (tertiary/aromatic N) is 2. The minimum atomic E-state index is -0.827. The lowest BCUT2D eigenvalue weighted by Crippen LogP contribution is -2.28. The molecule has 0 bridgehead atoms. The molecule has 1 amide bonds. The van der Waals surface area contributed by atoms with Gasteiger partial charge in [0.1, 0.15) is 10.8 Å². The van der Waals surface area contributed by atoms with Crippen molar-refractivity contribution in [3.8, 4) is 0 Å². The minimum absolute atomic E-state index is 0.159. The first-order valence-electron chi connectivity index (χ1n) is 7.11. The largest absolute Gasteiger partial charge is 0.393 e. The maximum atomic E-state index is 14.2. The Labute approximate surface area is 140 Å². The Balaban J connectivity index is 1.80. The van der Waals surface area contributed by atoms with Crippen LogP contribution in [0, 0.1) is 5.82 Å². The van der Waals surface area contributed by atoms with Gasteiger partial charge in [-0.3, -0.25) is 9.36 Å². The highest BCUT2D eigenvalue weighted by atomic mass is 32.2. The molecule has 0 saturated carbocycles. The molecule has 2 aromatic rings. The molecule has 1 saturated heterocycles. The number of ether oxygens (including phenoxy) is 1. The van der Waals surface area contributed by atoms with Crippen LogP contribution in [0.25, 0.3) is 0 Å². The third-order valence-electron chi connectivity index (χ3n) is 3.37. The van der Waals surface area contributed by atoms with Crippen molar-refractivity contribution in [2.75, 3.05) is 18.5 Å². The van der Waals surface area contributed by atoms with Gasteiger partial charge in [-0.2, -0.15) is 4.98 Å². The number of rotatable bonds is 4. The van der Waals surface area contributed by atoms with Crippen LogP contribution in [-0.4, -0.2) is 39.2 Å². The van der Waals surface area contributed by atoms with Crippen molar-refractivity contribution in [1.82, 2.24) is 9.55 Å². The van der Waals surface area contributed by atoms with Gasteiger partial charge in [0.25, 0.3) is 5.91 Å². The summed E-state index contributed by atoms with van der Waals surface area (Å²) in [6.07, 6.45) is 0.983. The van der Waals surface area contributed by atoms with Crippen molar-refractivity contribution in [3.05, 3.63) is 58.4 Å².